The smallest absolute Gasteiger partial charge is 0.314 e. The second-order valence-electron chi connectivity index (χ2n) is 5.72. The van der Waals surface area contributed by atoms with Gasteiger partial charge < -0.3 is 20.3 Å². The Morgan fingerprint density at radius 1 is 1.12 bits per heavy atom. The first-order valence-corrected chi connectivity index (χ1v) is 9.07. The molecule has 3 rings (SSSR count). The summed E-state index contributed by atoms with van der Waals surface area (Å²) in [6, 6.07) is 11.4. The number of benzene rings is 1. The van der Waals surface area contributed by atoms with E-state index in [1.165, 1.54) is 11.3 Å². The van der Waals surface area contributed by atoms with Gasteiger partial charge in [-0.25, -0.2) is 4.79 Å². The van der Waals surface area contributed by atoms with Crippen molar-refractivity contribution in [2.24, 2.45) is 5.73 Å². The summed E-state index contributed by atoms with van der Waals surface area (Å²) < 4.78 is 5.69. The Morgan fingerprint density at radius 2 is 1.76 bits per heavy atom. The van der Waals surface area contributed by atoms with E-state index in [2.05, 4.69) is 0 Å². The molecule has 7 heteroatoms. The minimum absolute atomic E-state index is 0.0558. The molecule has 1 aromatic heterocycles. The van der Waals surface area contributed by atoms with Gasteiger partial charge in [0, 0.05) is 31.1 Å². The number of hydrogen-bond acceptors (Lipinski definition) is 4. The molecule has 132 valence electrons. The number of carbonyl (C=O) groups is 2. The lowest BCUT2D eigenvalue weighted by atomic mass is 10.2. The van der Waals surface area contributed by atoms with Crippen LogP contribution in [0.4, 0.5) is 4.79 Å². The van der Waals surface area contributed by atoms with E-state index in [1.54, 1.807) is 9.80 Å². The first-order valence-electron chi connectivity index (χ1n) is 8.26. The lowest BCUT2D eigenvalue weighted by molar-refractivity contribution is 0.0671. The summed E-state index contributed by atoms with van der Waals surface area (Å²) in [5, 5.41) is 0. The minimum Gasteiger partial charge on any atom is -0.492 e. The van der Waals surface area contributed by atoms with Crippen LogP contribution in [-0.4, -0.2) is 54.5 Å². The van der Waals surface area contributed by atoms with Crippen LogP contribution in [0.5, 0.6) is 5.75 Å². The quantitative estimate of drug-likeness (QED) is 0.912. The number of carbonyl (C=O) groups excluding carboxylic acids is 2. The molecular weight excluding hydrogens is 338 g/mol. The Kier molecular flexibility index (Phi) is 5.23. The number of amides is 3. The molecule has 0 saturated carbocycles. The van der Waals surface area contributed by atoms with E-state index in [4.69, 9.17) is 10.5 Å². The monoisotopic (exact) mass is 359 g/mol. The summed E-state index contributed by atoms with van der Waals surface area (Å²) in [5.74, 6) is 0.563. The molecule has 0 unspecified atom stereocenters. The van der Waals surface area contributed by atoms with Gasteiger partial charge >= 0.3 is 6.03 Å². The molecule has 6 nitrogen and oxygen atoms in total. The average Bonchev–Trinajstić information content (AvgIpc) is 3.06. The molecule has 1 fully saturated rings. The van der Waals surface area contributed by atoms with Crippen molar-refractivity contribution in [2.45, 2.75) is 6.92 Å². The highest BCUT2D eigenvalue weighted by Crippen LogP contribution is 2.37. The number of nitrogens with zero attached hydrogens (tertiary/aromatic N) is 2. The number of nitrogens with two attached hydrogens (primary N) is 1. The second kappa shape index (κ2) is 7.57. The standard InChI is InChI=1S/C18H21N3O3S/c1-2-24-14-12-15(13-6-4-3-5-7-13)25-16(14)17(22)20-8-10-21(11-9-20)18(19)23/h3-7,12H,2,8-11H2,1H3,(H2,19,23). The lowest BCUT2D eigenvalue weighted by Gasteiger charge is -2.33. The highest BCUT2D eigenvalue weighted by molar-refractivity contribution is 7.17. The molecule has 0 radical (unpaired) electrons. The number of hydrogen-bond donors (Lipinski definition) is 1. The van der Waals surface area contributed by atoms with Crippen LogP contribution in [0.15, 0.2) is 36.4 Å². The molecular formula is C18H21N3O3S. The first kappa shape index (κ1) is 17.3. The van der Waals surface area contributed by atoms with Crippen molar-refractivity contribution in [1.82, 2.24) is 9.80 Å². The molecule has 25 heavy (non-hydrogen) atoms. The summed E-state index contributed by atoms with van der Waals surface area (Å²) in [6.45, 7) is 4.28. The molecule has 0 bridgehead atoms. The summed E-state index contributed by atoms with van der Waals surface area (Å²) in [7, 11) is 0. The molecule has 1 aliphatic rings. The van der Waals surface area contributed by atoms with Gasteiger partial charge in [-0.2, -0.15) is 0 Å². The Hall–Kier alpha value is -2.54. The van der Waals surface area contributed by atoms with Crippen LogP contribution in [0.1, 0.15) is 16.6 Å². The fourth-order valence-corrected chi connectivity index (χ4v) is 3.88. The fraction of sp³-hybridized carbons (Fsp3) is 0.333. The number of ether oxygens (including phenoxy) is 1. The van der Waals surface area contributed by atoms with Crippen molar-refractivity contribution in [2.75, 3.05) is 32.8 Å². The van der Waals surface area contributed by atoms with E-state index in [9.17, 15) is 9.59 Å². The molecule has 1 saturated heterocycles. The Labute approximate surface area is 150 Å². The number of piperazine rings is 1. The van der Waals surface area contributed by atoms with Gasteiger partial charge in [0.2, 0.25) is 0 Å². The van der Waals surface area contributed by atoms with Crippen LogP contribution in [0, 0.1) is 0 Å². The predicted molar refractivity (Wildman–Crippen MR) is 98.0 cm³/mol. The normalized spacial score (nSPS) is 14.4. The van der Waals surface area contributed by atoms with Gasteiger partial charge in [0.25, 0.3) is 5.91 Å². The summed E-state index contributed by atoms with van der Waals surface area (Å²) in [6.07, 6.45) is 0. The van der Waals surface area contributed by atoms with Crippen LogP contribution in [0.25, 0.3) is 10.4 Å². The Morgan fingerprint density at radius 3 is 2.36 bits per heavy atom. The third-order valence-electron chi connectivity index (χ3n) is 4.13. The Balaban J connectivity index is 1.82. The molecule has 0 atom stereocenters. The summed E-state index contributed by atoms with van der Waals surface area (Å²) >= 11 is 1.44. The molecule has 0 aliphatic carbocycles. The number of urea groups is 1. The molecule has 0 spiro atoms. The van der Waals surface area contributed by atoms with Gasteiger partial charge in [-0.15, -0.1) is 11.3 Å². The van der Waals surface area contributed by atoms with Crippen LogP contribution < -0.4 is 10.5 Å². The van der Waals surface area contributed by atoms with E-state index in [0.29, 0.717) is 43.4 Å². The SMILES string of the molecule is CCOc1cc(-c2ccccc2)sc1C(=O)N1CCN(C(N)=O)CC1. The zero-order valence-corrected chi connectivity index (χ0v) is 14.9. The Bertz CT molecular complexity index is 752. The van der Waals surface area contributed by atoms with Crippen molar-refractivity contribution in [3.8, 4) is 16.2 Å². The summed E-state index contributed by atoms with van der Waals surface area (Å²) in [5.41, 5.74) is 6.36. The van der Waals surface area contributed by atoms with Crippen LogP contribution in [0.2, 0.25) is 0 Å². The molecule has 2 N–H and O–H groups in total. The van der Waals surface area contributed by atoms with Gasteiger partial charge in [0.15, 0.2) is 0 Å². The molecule has 2 aromatic rings. The van der Waals surface area contributed by atoms with Gasteiger partial charge in [-0.05, 0) is 18.6 Å². The molecule has 3 amide bonds. The highest BCUT2D eigenvalue weighted by Gasteiger charge is 2.27. The predicted octanol–water partition coefficient (Wildman–Crippen LogP) is 2.65. The minimum atomic E-state index is -0.440. The number of thiophene rings is 1. The number of primary amides is 1. The summed E-state index contributed by atoms with van der Waals surface area (Å²) in [4.78, 5) is 29.1. The maximum absolute atomic E-state index is 12.9. The van der Waals surface area contributed by atoms with Crippen LogP contribution >= 0.6 is 11.3 Å². The van der Waals surface area contributed by atoms with E-state index in [-0.39, 0.29) is 5.91 Å². The lowest BCUT2D eigenvalue weighted by Crippen LogP contribution is -2.52. The zero-order chi connectivity index (χ0) is 17.8. The first-order chi connectivity index (χ1) is 12.1. The largest absolute Gasteiger partial charge is 0.492 e. The van der Waals surface area contributed by atoms with Gasteiger partial charge in [0.1, 0.15) is 10.6 Å². The van der Waals surface area contributed by atoms with Gasteiger partial charge in [-0.3, -0.25) is 4.79 Å². The van der Waals surface area contributed by atoms with Crippen LogP contribution in [0.3, 0.4) is 0 Å². The fourth-order valence-electron chi connectivity index (χ4n) is 2.80. The maximum Gasteiger partial charge on any atom is 0.314 e. The van der Waals surface area contributed by atoms with E-state index in [0.717, 1.165) is 10.4 Å². The maximum atomic E-state index is 12.9. The van der Waals surface area contributed by atoms with Gasteiger partial charge in [-0.1, -0.05) is 30.3 Å². The molecule has 2 heterocycles. The van der Waals surface area contributed by atoms with Crippen molar-refractivity contribution < 1.29 is 14.3 Å². The van der Waals surface area contributed by atoms with E-state index < -0.39 is 6.03 Å². The third-order valence-corrected chi connectivity index (χ3v) is 5.28. The van der Waals surface area contributed by atoms with Gasteiger partial charge in [0.05, 0.1) is 6.61 Å². The molecule has 1 aliphatic heterocycles. The topological polar surface area (TPSA) is 75.9 Å². The van der Waals surface area contributed by atoms with Crippen molar-refractivity contribution in [3.63, 3.8) is 0 Å². The van der Waals surface area contributed by atoms with E-state index in [1.807, 2.05) is 43.3 Å². The molecule has 1 aromatic carbocycles. The van der Waals surface area contributed by atoms with Crippen molar-refractivity contribution in [3.05, 3.63) is 41.3 Å². The second-order valence-corrected chi connectivity index (χ2v) is 6.77. The van der Waals surface area contributed by atoms with Crippen molar-refractivity contribution in [1.29, 1.82) is 0 Å². The van der Waals surface area contributed by atoms with E-state index >= 15 is 0 Å². The third kappa shape index (κ3) is 3.76. The van der Waals surface area contributed by atoms with Crippen LogP contribution in [-0.2, 0) is 0 Å². The average molecular weight is 359 g/mol. The zero-order valence-electron chi connectivity index (χ0n) is 14.1. The highest BCUT2D eigenvalue weighted by atomic mass is 32.1. The number of rotatable bonds is 4. The van der Waals surface area contributed by atoms with Crippen molar-refractivity contribution >= 4 is 23.3 Å².